The van der Waals surface area contributed by atoms with E-state index in [1.54, 1.807) is 13.4 Å². The number of piperazine rings is 1. The molecule has 2 aromatic rings. The maximum absolute atomic E-state index is 5.16. The van der Waals surface area contributed by atoms with E-state index in [4.69, 9.17) is 4.74 Å². The summed E-state index contributed by atoms with van der Waals surface area (Å²) in [4.78, 5) is 18.0. The Balaban J connectivity index is 1.54. The molecule has 7 nitrogen and oxygen atoms in total. The summed E-state index contributed by atoms with van der Waals surface area (Å²) in [6.07, 6.45) is 6.51. The van der Waals surface area contributed by atoms with Crippen LogP contribution in [-0.2, 0) is 24.2 Å². The average molecular weight is 330 g/mol. The molecule has 0 saturated carbocycles. The van der Waals surface area contributed by atoms with Crippen LogP contribution in [-0.4, -0.2) is 64.3 Å². The first kappa shape index (κ1) is 16.9. The molecule has 1 fully saturated rings. The molecular formula is C17H26N6O. The largest absolute Gasteiger partial charge is 0.383 e. The molecule has 0 aromatic carbocycles. The van der Waals surface area contributed by atoms with E-state index in [-0.39, 0.29) is 0 Å². The highest BCUT2D eigenvalue weighted by Gasteiger charge is 2.19. The second-order valence-corrected chi connectivity index (χ2v) is 6.01. The van der Waals surface area contributed by atoms with Crippen molar-refractivity contribution in [3.63, 3.8) is 0 Å². The molecule has 0 spiro atoms. The Kier molecular flexibility index (Phi) is 5.77. The van der Waals surface area contributed by atoms with Gasteiger partial charge in [0.05, 0.1) is 13.2 Å². The molecule has 0 amide bonds. The van der Waals surface area contributed by atoms with Gasteiger partial charge in [0.25, 0.3) is 0 Å². The summed E-state index contributed by atoms with van der Waals surface area (Å²) in [5, 5.41) is 0. The van der Waals surface area contributed by atoms with Crippen molar-refractivity contribution < 1.29 is 4.74 Å². The molecule has 3 rings (SSSR count). The molecule has 1 saturated heterocycles. The normalized spacial score (nSPS) is 15.8. The smallest absolute Gasteiger partial charge is 0.132 e. The summed E-state index contributed by atoms with van der Waals surface area (Å²) in [5.74, 6) is 2.15. The standard InChI is InChI=1S/C17H26N6O/c1-3-15-12-16(20-14-19-15)23-8-6-21(7-9-23)13-17-18-4-5-22(17)10-11-24-2/h4-5,12,14H,3,6-11,13H2,1-2H3. The molecule has 1 aliphatic rings. The number of anilines is 1. The van der Waals surface area contributed by atoms with E-state index in [1.807, 2.05) is 12.4 Å². The molecule has 7 heteroatoms. The lowest BCUT2D eigenvalue weighted by atomic mass is 10.2. The number of nitrogens with zero attached hydrogens (tertiary/aromatic N) is 6. The minimum absolute atomic E-state index is 0.713. The van der Waals surface area contributed by atoms with Gasteiger partial charge in [0, 0.05) is 64.0 Å². The van der Waals surface area contributed by atoms with Gasteiger partial charge in [-0.2, -0.15) is 0 Å². The minimum atomic E-state index is 0.713. The van der Waals surface area contributed by atoms with E-state index < -0.39 is 0 Å². The molecule has 0 aliphatic carbocycles. The predicted octanol–water partition coefficient (Wildman–Crippen LogP) is 1.20. The van der Waals surface area contributed by atoms with Gasteiger partial charge in [0.2, 0.25) is 0 Å². The zero-order valence-electron chi connectivity index (χ0n) is 14.6. The van der Waals surface area contributed by atoms with Gasteiger partial charge >= 0.3 is 0 Å². The number of aryl methyl sites for hydroxylation is 1. The zero-order valence-corrected chi connectivity index (χ0v) is 14.6. The van der Waals surface area contributed by atoms with Crippen LogP contribution >= 0.6 is 0 Å². The third-order valence-electron chi connectivity index (χ3n) is 4.47. The fraction of sp³-hybridized carbons (Fsp3) is 0.588. The van der Waals surface area contributed by atoms with Gasteiger partial charge in [-0.05, 0) is 6.42 Å². The monoisotopic (exact) mass is 330 g/mol. The van der Waals surface area contributed by atoms with Gasteiger partial charge in [-0.25, -0.2) is 15.0 Å². The quantitative estimate of drug-likeness (QED) is 0.760. The Morgan fingerprint density at radius 3 is 2.71 bits per heavy atom. The molecule has 0 N–H and O–H groups in total. The SMILES string of the molecule is CCc1cc(N2CCN(Cc3nccn3CCOC)CC2)ncn1. The van der Waals surface area contributed by atoms with E-state index in [2.05, 4.69) is 42.3 Å². The molecule has 2 aromatic heterocycles. The second-order valence-electron chi connectivity index (χ2n) is 6.01. The number of ether oxygens (including phenoxy) is 1. The van der Waals surface area contributed by atoms with E-state index in [1.165, 1.54) is 0 Å². The summed E-state index contributed by atoms with van der Waals surface area (Å²) < 4.78 is 7.34. The molecule has 3 heterocycles. The van der Waals surface area contributed by atoms with E-state index in [0.29, 0.717) is 6.61 Å². The number of imidazole rings is 1. The minimum Gasteiger partial charge on any atom is -0.383 e. The summed E-state index contributed by atoms with van der Waals surface area (Å²) in [6.45, 7) is 8.57. The second kappa shape index (κ2) is 8.21. The molecule has 130 valence electrons. The van der Waals surface area contributed by atoms with E-state index in [0.717, 1.165) is 63.0 Å². The summed E-state index contributed by atoms with van der Waals surface area (Å²) in [6, 6.07) is 2.10. The van der Waals surface area contributed by atoms with Gasteiger partial charge in [0.1, 0.15) is 18.0 Å². The predicted molar refractivity (Wildman–Crippen MR) is 93.0 cm³/mol. The van der Waals surface area contributed by atoms with Crippen molar-refractivity contribution in [2.45, 2.75) is 26.4 Å². The maximum atomic E-state index is 5.16. The molecule has 0 radical (unpaired) electrons. The van der Waals surface area contributed by atoms with E-state index >= 15 is 0 Å². The summed E-state index contributed by atoms with van der Waals surface area (Å²) in [5.41, 5.74) is 1.10. The van der Waals surface area contributed by atoms with E-state index in [9.17, 15) is 0 Å². The van der Waals surface area contributed by atoms with Crippen molar-refractivity contribution in [2.75, 3.05) is 44.8 Å². The lowest BCUT2D eigenvalue weighted by molar-refractivity contribution is 0.183. The number of methoxy groups -OCH3 is 1. The van der Waals surface area contributed by atoms with Crippen LogP contribution in [0.2, 0.25) is 0 Å². The van der Waals surface area contributed by atoms with Crippen molar-refractivity contribution in [1.82, 2.24) is 24.4 Å². The van der Waals surface area contributed by atoms with Crippen LogP contribution in [0, 0.1) is 0 Å². The van der Waals surface area contributed by atoms with Crippen LogP contribution in [0.5, 0.6) is 0 Å². The highest BCUT2D eigenvalue weighted by atomic mass is 16.5. The Morgan fingerprint density at radius 1 is 1.12 bits per heavy atom. The summed E-state index contributed by atoms with van der Waals surface area (Å²) in [7, 11) is 1.73. The van der Waals surface area contributed by atoms with Crippen molar-refractivity contribution in [3.05, 3.63) is 36.3 Å². The molecule has 24 heavy (non-hydrogen) atoms. The fourth-order valence-corrected chi connectivity index (χ4v) is 2.97. The van der Waals surface area contributed by atoms with Crippen LogP contribution in [0.4, 0.5) is 5.82 Å². The highest BCUT2D eigenvalue weighted by molar-refractivity contribution is 5.39. The van der Waals surface area contributed by atoms with Crippen LogP contribution < -0.4 is 4.90 Å². The zero-order chi connectivity index (χ0) is 16.8. The number of hydrogen-bond donors (Lipinski definition) is 0. The number of hydrogen-bond acceptors (Lipinski definition) is 6. The maximum Gasteiger partial charge on any atom is 0.132 e. The molecule has 0 unspecified atom stereocenters. The molecule has 0 atom stereocenters. The Morgan fingerprint density at radius 2 is 1.96 bits per heavy atom. The van der Waals surface area contributed by atoms with Crippen LogP contribution in [0.1, 0.15) is 18.4 Å². The lowest BCUT2D eigenvalue weighted by Crippen LogP contribution is -2.46. The Bertz CT molecular complexity index is 636. The highest BCUT2D eigenvalue weighted by Crippen LogP contribution is 2.15. The van der Waals surface area contributed by atoms with Crippen LogP contribution in [0.3, 0.4) is 0 Å². The van der Waals surface area contributed by atoms with Crippen LogP contribution in [0.25, 0.3) is 0 Å². The Labute approximate surface area is 143 Å². The van der Waals surface area contributed by atoms with Crippen molar-refractivity contribution in [3.8, 4) is 0 Å². The third-order valence-corrected chi connectivity index (χ3v) is 4.47. The molecule has 0 bridgehead atoms. The lowest BCUT2D eigenvalue weighted by Gasteiger charge is -2.35. The molecule has 1 aliphatic heterocycles. The van der Waals surface area contributed by atoms with Gasteiger partial charge in [-0.3, -0.25) is 4.90 Å². The van der Waals surface area contributed by atoms with Crippen molar-refractivity contribution in [1.29, 1.82) is 0 Å². The average Bonchev–Trinajstić information content (AvgIpc) is 3.07. The van der Waals surface area contributed by atoms with Gasteiger partial charge in [0.15, 0.2) is 0 Å². The first-order valence-corrected chi connectivity index (χ1v) is 8.57. The van der Waals surface area contributed by atoms with Crippen molar-refractivity contribution >= 4 is 5.82 Å². The van der Waals surface area contributed by atoms with Crippen LogP contribution in [0.15, 0.2) is 24.8 Å². The number of rotatable bonds is 7. The first-order valence-electron chi connectivity index (χ1n) is 8.57. The van der Waals surface area contributed by atoms with Crippen molar-refractivity contribution in [2.24, 2.45) is 0 Å². The topological polar surface area (TPSA) is 59.3 Å². The van der Waals surface area contributed by atoms with Gasteiger partial charge in [-0.15, -0.1) is 0 Å². The van der Waals surface area contributed by atoms with Gasteiger partial charge < -0.3 is 14.2 Å². The third kappa shape index (κ3) is 4.10. The Hall–Kier alpha value is -1.99. The first-order chi connectivity index (χ1) is 11.8. The number of aromatic nitrogens is 4. The van der Waals surface area contributed by atoms with Gasteiger partial charge in [-0.1, -0.05) is 6.92 Å². The fourth-order valence-electron chi connectivity index (χ4n) is 2.97. The summed E-state index contributed by atoms with van der Waals surface area (Å²) >= 11 is 0. The molecular weight excluding hydrogens is 304 g/mol.